The molecule has 0 saturated heterocycles. The fourth-order valence-corrected chi connectivity index (χ4v) is 11.0. The molecule has 0 radical (unpaired) electrons. The molecule has 13 rings (SSSR count). The molecule has 0 atom stereocenters. The van der Waals surface area contributed by atoms with Gasteiger partial charge < -0.3 is 0 Å². The molecule has 0 N–H and O–H groups in total. The van der Waals surface area contributed by atoms with Crippen molar-refractivity contribution < 1.29 is 0 Å². The van der Waals surface area contributed by atoms with Crippen LogP contribution in [0, 0.1) is 0 Å². The van der Waals surface area contributed by atoms with Gasteiger partial charge in [0, 0.05) is 36.9 Å². The van der Waals surface area contributed by atoms with Gasteiger partial charge in [-0.25, -0.2) is 9.97 Å². The highest BCUT2D eigenvalue weighted by atomic mass is 32.1. The van der Waals surface area contributed by atoms with E-state index in [9.17, 15) is 0 Å². The van der Waals surface area contributed by atoms with E-state index in [0.29, 0.717) is 5.82 Å². The van der Waals surface area contributed by atoms with Crippen LogP contribution in [0.2, 0.25) is 0 Å². The van der Waals surface area contributed by atoms with E-state index in [0.717, 1.165) is 33.6 Å². The summed E-state index contributed by atoms with van der Waals surface area (Å²) in [5.74, 6) is 0.717. The maximum Gasteiger partial charge on any atom is 0.160 e. The first-order valence-corrected chi connectivity index (χ1v) is 22.9. The van der Waals surface area contributed by atoms with Gasteiger partial charge in [-0.1, -0.05) is 206 Å². The van der Waals surface area contributed by atoms with E-state index in [1.54, 1.807) is 0 Å². The molecule has 2 aromatic heterocycles. The zero-order chi connectivity index (χ0) is 42.8. The second-order valence-electron chi connectivity index (χ2n) is 16.9. The van der Waals surface area contributed by atoms with Crippen LogP contribution in [0.1, 0.15) is 0 Å². The molecule has 65 heavy (non-hydrogen) atoms. The molecule has 0 aliphatic heterocycles. The van der Waals surface area contributed by atoms with Crippen LogP contribution in [-0.4, -0.2) is 9.97 Å². The topological polar surface area (TPSA) is 25.8 Å². The molecular formula is C62H38N2S. The molecule has 0 saturated carbocycles. The largest absolute Gasteiger partial charge is 0.228 e. The third kappa shape index (κ3) is 6.39. The molecule has 0 fully saturated rings. The van der Waals surface area contributed by atoms with E-state index in [1.165, 1.54) is 91.1 Å². The Balaban J connectivity index is 0.851. The van der Waals surface area contributed by atoms with Crippen molar-refractivity contribution in [2.75, 3.05) is 0 Å². The molecule has 0 unspecified atom stereocenters. The van der Waals surface area contributed by atoms with Gasteiger partial charge in [-0.05, 0) is 101 Å². The van der Waals surface area contributed by atoms with E-state index in [1.807, 2.05) is 29.5 Å². The normalized spacial score (nSPS) is 11.7. The summed E-state index contributed by atoms with van der Waals surface area (Å²) in [6, 6.07) is 83.6. The zero-order valence-electron chi connectivity index (χ0n) is 35.2. The van der Waals surface area contributed by atoms with Crippen molar-refractivity contribution in [3.8, 4) is 67.3 Å². The molecule has 2 nitrogen and oxygen atoms in total. The summed E-state index contributed by atoms with van der Waals surface area (Å²) in [6.07, 6.45) is 0. The number of nitrogens with zero attached hydrogens (tertiary/aromatic N) is 2. The highest BCUT2D eigenvalue weighted by Gasteiger charge is 2.17. The van der Waals surface area contributed by atoms with Crippen LogP contribution < -0.4 is 0 Å². The highest BCUT2D eigenvalue weighted by Crippen LogP contribution is 2.44. The maximum absolute atomic E-state index is 5.13. The van der Waals surface area contributed by atoms with Crippen LogP contribution in [0.5, 0.6) is 0 Å². The standard InChI is InChI=1S/C62H38N2S/c1-2-13-44(14-3-1)62-63-57(38-58(64-62)46-31-32-53-52-20-10-11-21-59(52)65-60(53)37-46)43-28-24-40(25-29-43)39-22-26-42(27-23-39)48-34-35-54(51-19-9-8-18-50(48)51)61-49-17-7-5-15-45(49)36-56-47-16-6-4-12-41(47)30-33-55(56)61/h1-38H. The van der Waals surface area contributed by atoms with Gasteiger partial charge in [0.2, 0.25) is 0 Å². The second-order valence-corrected chi connectivity index (χ2v) is 17.9. The Labute approximate surface area is 380 Å². The molecule has 0 aliphatic rings. The average molecular weight is 843 g/mol. The number of thiophene rings is 1. The minimum atomic E-state index is 0.717. The van der Waals surface area contributed by atoms with Crippen molar-refractivity contribution in [2.45, 2.75) is 0 Å². The minimum absolute atomic E-state index is 0.717. The molecule has 13 aromatic rings. The van der Waals surface area contributed by atoms with Gasteiger partial charge in [0.25, 0.3) is 0 Å². The summed E-state index contributed by atoms with van der Waals surface area (Å²) in [7, 11) is 0. The first kappa shape index (κ1) is 37.3. The van der Waals surface area contributed by atoms with Gasteiger partial charge in [0.15, 0.2) is 5.82 Å². The first-order valence-electron chi connectivity index (χ1n) is 22.1. The molecule has 302 valence electrons. The Morgan fingerprint density at radius 3 is 1.57 bits per heavy atom. The Hall–Kier alpha value is -8.24. The molecular weight excluding hydrogens is 805 g/mol. The smallest absolute Gasteiger partial charge is 0.160 e. The van der Waals surface area contributed by atoms with Gasteiger partial charge in [-0.15, -0.1) is 11.3 Å². The van der Waals surface area contributed by atoms with Crippen LogP contribution in [0.4, 0.5) is 0 Å². The summed E-state index contributed by atoms with van der Waals surface area (Å²) in [5, 5.41) is 12.7. The summed E-state index contributed by atoms with van der Waals surface area (Å²) >= 11 is 1.83. The van der Waals surface area contributed by atoms with E-state index >= 15 is 0 Å². The van der Waals surface area contributed by atoms with Crippen LogP contribution in [0.25, 0.3) is 131 Å². The fraction of sp³-hybridized carbons (Fsp3) is 0. The SMILES string of the molecule is c1ccc(-c2nc(-c3ccc(-c4ccc(-c5ccc(-c6c7ccccc7cc7c6ccc6ccccc67)c6ccccc56)cc4)cc3)cc(-c3ccc4c(c3)sc3ccccc34)n2)cc1. The third-order valence-electron chi connectivity index (χ3n) is 13.1. The number of fused-ring (bicyclic) bond motifs is 8. The van der Waals surface area contributed by atoms with Gasteiger partial charge in [-0.2, -0.15) is 0 Å². The van der Waals surface area contributed by atoms with Gasteiger partial charge in [0.05, 0.1) is 11.4 Å². The molecule has 11 aromatic carbocycles. The highest BCUT2D eigenvalue weighted by molar-refractivity contribution is 7.25. The molecule has 0 amide bonds. The molecule has 0 aliphatic carbocycles. The number of rotatable bonds is 6. The lowest BCUT2D eigenvalue weighted by molar-refractivity contribution is 1.18. The van der Waals surface area contributed by atoms with Crippen molar-refractivity contribution in [1.29, 1.82) is 0 Å². The Morgan fingerprint density at radius 1 is 0.262 bits per heavy atom. The van der Waals surface area contributed by atoms with Crippen LogP contribution in [0.3, 0.4) is 0 Å². The lowest BCUT2D eigenvalue weighted by atomic mass is 9.86. The van der Waals surface area contributed by atoms with Crippen LogP contribution in [0.15, 0.2) is 231 Å². The fourth-order valence-electron chi connectivity index (χ4n) is 9.90. The number of benzene rings is 11. The Morgan fingerprint density at radius 2 is 0.800 bits per heavy atom. The van der Waals surface area contributed by atoms with Crippen molar-refractivity contribution in [1.82, 2.24) is 9.97 Å². The van der Waals surface area contributed by atoms with E-state index in [-0.39, 0.29) is 0 Å². The summed E-state index contributed by atoms with van der Waals surface area (Å²) < 4.78 is 2.56. The molecule has 0 bridgehead atoms. The lowest BCUT2D eigenvalue weighted by Crippen LogP contribution is -1.95. The van der Waals surface area contributed by atoms with E-state index in [2.05, 4.69) is 212 Å². The van der Waals surface area contributed by atoms with Crippen molar-refractivity contribution in [3.63, 3.8) is 0 Å². The van der Waals surface area contributed by atoms with Gasteiger partial charge in [0.1, 0.15) is 0 Å². The zero-order valence-corrected chi connectivity index (χ0v) is 36.1. The minimum Gasteiger partial charge on any atom is -0.228 e. The van der Waals surface area contributed by atoms with Gasteiger partial charge in [-0.3, -0.25) is 0 Å². The van der Waals surface area contributed by atoms with Crippen LogP contribution >= 0.6 is 11.3 Å². The molecule has 0 spiro atoms. The van der Waals surface area contributed by atoms with Crippen molar-refractivity contribution in [3.05, 3.63) is 231 Å². The Bertz CT molecular complexity index is 3980. The summed E-state index contributed by atoms with van der Waals surface area (Å²) in [4.78, 5) is 10.3. The van der Waals surface area contributed by atoms with E-state index < -0.39 is 0 Å². The third-order valence-corrected chi connectivity index (χ3v) is 14.2. The predicted octanol–water partition coefficient (Wildman–Crippen LogP) is 17.5. The number of hydrogen-bond acceptors (Lipinski definition) is 3. The average Bonchev–Trinajstić information content (AvgIpc) is 3.76. The number of hydrogen-bond donors (Lipinski definition) is 0. The predicted molar refractivity (Wildman–Crippen MR) is 278 cm³/mol. The van der Waals surface area contributed by atoms with Crippen molar-refractivity contribution in [2.24, 2.45) is 0 Å². The van der Waals surface area contributed by atoms with E-state index in [4.69, 9.17) is 9.97 Å². The second kappa shape index (κ2) is 15.2. The van der Waals surface area contributed by atoms with Crippen molar-refractivity contribution >= 4 is 74.6 Å². The first-order chi connectivity index (χ1) is 32.2. The molecule has 3 heteroatoms. The monoisotopic (exact) mass is 842 g/mol. The Kier molecular flexibility index (Phi) is 8.75. The van der Waals surface area contributed by atoms with Crippen LogP contribution in [-0.2, 0) is 0 Å². The van der Waals surface area contributed by atoms with Gasteiger partial charge >= 0.3 is 0 Å². The summed E-state index contributed by atoms with van der Waals surface area (Å²) in [5.41, 5.74) is 12.2. The summed E-state index contributed by atoms with van der Waals surface area (Å²) in [6.45, 7) is 0. The lowest BCUT2D eigenvalue weighted by Gasteiger charge is -2.17. The quantitative estimate of drug-likeness (QED) is 0.123. The number of aromatic nitrogens is 2. The maximum atomic E-state index is 5.13. The molecule has 2 heterocycles.